The van der Waals surface area contributed by atoms with Crippen LogP contribution in [0.25, 0.3) is 0 Å². The minimum atomic E-state index is -0.583. The van der Waals surface area contributed by atoms with Gasteiger partial charge in [0.2, 0.25) is 0 Å². The Labute approximate surface area is 240 Å². The first-order chi connectivity index (χ1) is 20.1. The molecule has 1 aliphatic rings. The van der Waals surface area contributed by atoms with Crippen LogP contribution >= 0.6 is 0 Å². The smallest absolute Gasteiger partial charge is 0.419 e. The van der Waals surface area contributed by atoms with E-state index in [2.05, 4.69) is 4.98 Å². The molecule has 0 radical (unpaired) electrons. The van der Waals surface area contributed by atoms with Gasteiger partial charge in [0.1, 0.15) is 30.7 Å². The van der Waals surface area contributed by atoms with Crippen LogP contribution in [0.3, 0.4) is 0 Å². The lowest BCUT2D eigenvalue weighted by molar-refractivity contribution is -0.0898. The Morgan fingerprint density at radius 2 is 1.34 bits per heavy atom. The lowest BCUT2D eigenvalue weighted by Gasteiger charge is -2.25. The molecule has 8 heteroatoms. The van der Waals surface area contributed by atoms with Crippen molar-refractivity contribution in [3.8, 4) is 0 Å². The molecule has 1 saturated heterocycles. The minimum Gasteiger partial charge on any atom is -0.449 e. The summed E-state index contributed by atoms with van der Waals surface area (Å²) in [5.41, 5.74) is 4.39. The van der Waals surface area contributed by atoms with Crippen molar-refractivity contribution in [3.63, 3.8) is 0 Å². The third-order valence-electron chi connectivity index (χ3n) is 7.05. The summed E-state index contributed by atoms with van der Waals surface area (Å²) in [6.07, 6.45) is -0.983. The maximum absolute atomic E-state index is 12.5. The molecular weight excluding hydrogens is 520 g/mol. The molecule has 214 valence electrons. The summed E-state index contributed by atoms with van der Waals surface area (Å²) in [7, 11) is 0. The number of nitrogens with zero attached hydrogens (tertiary/aromatic N) is 2. The van der Waals surface area contributed by atoms with Gasteiger partial charge in [0.05, 0.1) is 44.4 Å². The largest absolute Gasteiger partial charge is 0.449 e. The molecule has 8 nitrogen and oxygen atoms in total. The van der Waals surface area contributed by atoms with Gasteiger partial charge in [0, 0.05) is 0 Å². The predicted octanol–water partition coefficient (Wildman–Crippen LogP) is 6.02. The molecule has 2 heterocycles. The van der Waals surface area contributed by atoms with Gasteiger partial charge in [-0.3, -0.25) is 0 Å². The Hall–Kier alpha value is -3.82. The molecule has 0 amide bonds. The summed E-state index contributed by atoms with van der Waals surface area (Å²) < 4.78 is 32.4. The normalized spacial score (nSPS) is 20.2. The van der Waals surface area contributed by atoms with E-state index >= 15 is 0 Å². The van der Waals surface area contributed by atoms with E-state index in [0.717, 1.165) is 16.7 Å². The van der Waals surface area contributed by atoms with Crippen molar-refractivity contribution in [3.05, 3.63) is 125 Å². The Bertz CT molecular complexity index is 1360. The standard InChI is InChI=1S/C33H36N2O6/c1-3-38-33(36)35-23-34-29(24(35)2)31-32(40-21-27-17-11-6-12-18-27)30(39-20-26-15-9-5-10-16-26)28(41-31)22-37-19-25-13-7-4-8-14-25/h4-18,23,28,30-32H,3,19-22H2,1-2H3/t28-,30-,31+,32-/m1/s1. The van der Waals surface area contributed by atoms with E-state index in [0.29, 0.717) is 37.8 Å². The molecule has 1 aromatic heterocycles. The van der Waals surface area contributed by atoms with Crippen molar-refractivity contribution >= 4 is 6.09 Å². The highest BCUT2D eigenvalue weighted by molar-refractivity contribution is 5.71. The van der Waals surface area contributed by atoms with E-state index in [1.807, 2.05) is 97.9 Å². The van der Waals surface area contributed by atoms with Crippen molar-refractivity contribution in [2.45, 2.75) is 58.1 Å². The molecule has 0 aliphatic carbocycles. The van der Waals surface area contributed by atoms with Crippen molar-refractivity contribution < 1.29 is 28.5 Å². The summed E-state index contributed by atoms with van der Waals surface area (Å²) in [6, 6.07) is 30.0. The minimum absolute atomic E-state index is 0.269. The van der Waals surface area contributed by atoms with Gasteiger partial charge in [-0.05, 0) is 30.5 Å². The van der Waals surface area contributed by atoms with E-state index in [9.17, 15) is 4.79 Å². The number of rotatable bonds is 12. The summed E-state index contributed by atoms with van der Waals surface area (Å²) >= 11 is 0. The molecule has 0 unspecified atom stereocenters. The lowest BCUT2D eigenvalue weighted by atomic mass is 10.0. The van der Waals surface area contributed by atoms with E-state index in [1.54, 1.807) is 6.92 Å². The molecule has 1 fully saturated rings. The number of carbonyl (C=O) groups is 1. The van der Waals surface area contributed by atoms with Gasteiger partial charge in [0.25, 0.3) is 0 Å². The Morgan fingerprint density at radius 3 is 1.90 bits per heavy atom. The zero-order valence-corrected chi connectivity index (χ0v) is 23.4. The van der Waals surface area contributed by atoms with Crippen LogP contribution in [0.4, 0.5) is 4.79 Å². The SMILES string of the molecule is CCOC(=O)n1cnc([C@@H]2O[C@H](COCc3ccccc3)[C@@H](OCc3ccccc3)[C@H]2OCc2ccccc2)c1C. The van der Waals surface area contributed by atoms with Gasteiger partial charge in [-0.25, -0.2) is 14.3 Å². The maximum Gasteiger partial charge on any atom is 0.419 e. The molecule has 41 heavy (non-hydrogen) atoms. The van der Waals surface area contributed by atoms with E-state index < -0.39 is 30.5 Å². The second-order valence-corrected chi connectivity index (χ2v) is 9.90. The van der Waals surface area contributed by atoms with Crippen LogP contribution in [0, 0.1) is 6.92 Å². The number of hydrogen-bond donors (Lipinski definition) is 0. The Balaban J connectivity index is 1.41. The molecule has 0 saturated carbocycles. The van der Waals surface area contributed by atoms with Gasteiger partial charge in [-0.15, -0.1) is 0 Å². The van der Waals surface area contributed by atoms with Gasteiger partial charge in [0.15, 0.2) is 0 Å². The fraction of sp³-hybridized carbons (Fsp3) is 0.333. The lowest BCUT2D eigenvalue weighted by Crippen LogP contribution is -2.38. The summed E-state index contributed by atoms with van der Waals surface area (Å²) in [5, 5.41) is 0. The highest BCUT2D eigenvalue weighted by atomic mass is 16.6. The summed E-state index contributed by atoms with van der Waals surface area (Å²) in [4.78, 5) is 17.1. The topological polar surface area (TPSA) is 81.0 Å². The van der Waals surface area contributed by atoms with Gasteiger partial charge in [-0.2, -0.15) is 0 Å². The highest BCUT2D eigenvalue weighted by Crippen LogP contribution is 2.39. The molecule has 0 spiro atoms. The molecule has 4 aromatic rings. The second kappa shape index (κ2) is 14.2. The molecule has 0 N–H and O–H groups in total. The molecule has 0 bridgehead atoms. The predicted molar refractivity (Wildman–Crippen MR) is 153 cm³/mol. The quantitative estimate of drug-likeness (QED) is 0.211. The van der Waals surface area contributed by atoms with Gasteiger partial charge in [-0.1, -0.05) is 91.0 Å². The second-order valence-electron chi connectivity index (χ2n) is 9.90. The van der Waals surface area contributed by atoms with Crippen LogP contribution in [0.15, 0.2) is 97.3 Å². The third-order valence-corrected chi connectivity index (χ3v) is 7.05. The monoisotopic (exact) mass is 556 g/mol. The molecule has 4 atom stereocenters. The number of ether oxygens (including phenoxy) is 5. The fourth-order valence-corrected chi connectivity index (χ4v) is 4.95. The van der Waals surface area contributed by atoms with Gasteiger partial charge >= 0.3 is 6.09 Å². The van der Waals surface area contributed by atoms with Crippen LogP contribution in [0.5, 0.6) is 0 Å². The zero-order valence-electron chi connectivity index (χ0n) is 23.4. The van der Waals surface area contributed by atoms with E-state index in [-0.39, 0.29) is 6.61 Å². The average Bonchev–Trinajstić information content (AvgIpc) is 3.56. The number of aromatic nitrogens is 2. The highest BCUT2D eigenvalue weighted by Gasteiger charge is 2.48. The fourth-order valence-electron chi connectivity index (χ4n) is 4.95. The van der Waals surface area contributed by atoms with Crippen LogP contribution in [0.2, 0.25) is 0 Å². The Morgan fingerprint density at radius 1 is 0.805 bits per heavy atom. The first-order valence-electron chi connectivity index (χ1n) is 13.9. The van der Waals surface area contributed by atoms with Crippen LogP contribution < -0.4 is 0 Å². The van der Waals surface area contributed by atoms with Crippen molar-refractivity contribution in [1.82, 2.24) is 9.55 Å². The van der Waals surface area contributed by atoms with Crippen LogP contribution in [0.1, 0.15) is 41.1 Å². The van der Waals surface area contributed by atoms with Crippen LogP contribution in [-0.2, 0) is 43.5 Å². The molecule has 1 aliphatic heterocycles. The number of benzene rings is 3. The zero-order chi connectivity index (χ0) is 28.4. The van der Waals surface area contributed by atoms with Gasteiger partial charge < -0.3 is 23.7 Å². The van der Waals surface area contributed by atoms with Crippen molar-refractivity contribution in [2.24, 2.45) is 0 Å². The molecule has 3 aromatic carbocycles. The first kappa shape index (κ1) is 28.7. The molecule has 5 rings (SSSR count). The summed E-state index contributed by atoms with van der Waals surface area (Å²) in [6.45, 7) is 5.37. The average molecular weight is 557 g/mol. The van der Waals surface area contributed by atoms with Crippen molar-refractivity contribution in [1.29, 1.82) is 0 Å². The van der Waals surface area contributed by atoms with E-state index in [1.165, 1.54) is 10.9 Å². The number of hydrogen-bond acceptors (Lipinski definition) is 7. The number of carbonyl (C=O) groups excluding carboxylic acids is 1. The maximum atomic E-state index is 12.5. The van der Waals surface area contributed by atoms with E-state index in [4.69, 9.17) is 23.7 Å². The molecular formula is C33H36N2O6. The first-order valence-corrected chi connectivity index (χ1v) is 13.9. The third kappa shape index (κ3) is 7.28. The summed E-state index contributed by atoms with van der Waals surface area (Å²) in [5.74, 6) is 0. The Kier molecular flexibility index (Phi) is 9.93. The van der Waals surface area contributed by atoms with Crippen molar-refractivity contribution in [2.75, 3.05) is 13.2 Å². The number of imidazole rings is 1. The van der Waals surface area contributed by atoms with Crippen LogP contribution in [-0.4, -0.2) is 47.2 Å².